The quantitative estimate of drug-likeness (QED) is 0.820. The highest BCUT2D eigenvalue weighted by atomic mass is 16.3. The molecule has 2 N–H and O–H groups in total. The van der Waals surface area contributed by atoms with Gasteiger partial charge in [-0.25, -0.2) is 0 Å². The maximum absolute atomic E-state index is 9.52. The van der Waals surface area contributed by atoms with E-state index in [4.69, 9.17) is 0 Å². The predicted octanol–water partition coefficient (Wildman–Crippen LogP) is 4.79. The normalized spacial score (nSPS) is 13.9. The van der Waals surface area contributed by atoms with Crippen molar-refractivity contribution in [3.8, 4) is 11.5 Å². The lowest BCUT2D eigenvalue weighted by molar-refractivity contribution is 0.473. The lowest BCUT2D eigenvalue weighted by Gasteiger charge is -2.16. The number of phenolic OH excluding ortho intramolecular Hbond substituents is 2. The van der Waals surface area contributed by atoms with Crippen LogP contribution in [0.25, 0.3) is 0 Å². The standard InChI is InChI=1S/C18H22O2/c1-13(15-8-10-17(19)11-9-15)6-7-14(2)16-4-3-5-18(20)12-16/h3-5,8-14,19-20H,6-7H2,1-2H3. The molecule has 0 radical (unpaired) electrons. The van der Waals surface area contributed by atoms with Gasteiger partial charge in [0.1, 0.15) is 11.5 Å². The Kier molecular flexibility index (Phi) is 4.67. The van der Waals surface area contributed by atoms with E-state index in [0.29, 0.717) is 23.3 Å². The number of hydrogen-bond acceptors (Lipinski definition) is 2. The molecule has 106 valence electrons. The van der Waals surface area contributed by atoms with Gasteiger partial charge in [-0.2, -0.15) is 0 Å². The SMILES string of the molecule is CC(CCC(C)c1cccc(O)c1)c1ccc(O)cc1. The molecule has 0 bridgehead atoms. The summed E-state index contributed by atoms with van der Waals surface area (Å²) < 4.78 is 0. The third kappa shape index (κ3) is 3.77. The van der Waals surface area contributed by atoms with E-state index in [9.17, 15) is 10.2 Å². The Morgan fingerprint density at radius 1 is 0.750 bits per heavy atom. The molecule has 2 heteroatoms. The minimum atomic E-state index is 0.314. The van der Waals surface area contributed by atoms with E-state index in [1.54, 1.807) is 18.2 Å². The summed E-state index contributed by atoms with van der Waals surface area (Å²) in [5.41, 5.74) is 2.44. The maximum atomic E-state index is 9.52. The zero-order chi connectivity index (χ0) is 14.5. The summed E-state index contributed by atoms with van der Waals surface area (Å²) >= 11 is 0. The fourth-order valence-electron chi connectivity index (χ4n) is 2.47. The van der Waals surface area contributed by atoms with Crippen LogP contribution in [0.4, 0.5) is 0 Å². The van der Waals surface area contributed by atoms with Crippen molar-refractivity contribution in [2.45, 2.75) is 38.5 Å². The molecule has 0 amide bonds. The molecule has 2 atom stereocenters. The number of benzene rings is 2. The summed E-state index contributed by atoms with van der Waals surface area (Å²) in [6, 6.07) is 15.0. The van der Waals surface area contributed by atoms with Gasteiger partial charge < -0.3 is 10.2 Å². The van der Waals surface area contributed by atoms with Crippen LogP contribution in [0.5, 0.6) is 11.5 Å². The first-order valence-electron chi connectivity index (χ1n) is 7.14. The van der Waals surface area contributed by atoms with Crippen molar-refractivity contribution in [3.05, 3.63) is 59.7 Å². The molecular formula is C18H22O2. The number of hydrogen-bond donors (Lipinski definition) is 2. The summed E-state index contributed by atoms with van der Waals surface area (Å²) in [5, 5.41) is 18.8. The zero-order valence-electron chi connectivity index (χ0n) is 12.1. The third-order valence-electron chi connectivity index (χ3n) is 3.93. The van der Waals surface area contributed by atoms with Crippen LogP contribution in [0, 0.1) is 0 Å². The molecule has 2 rings (SSSR count). The highest BCUT2D eigenvalue weighted by Gasteiger charge is 2.10. The highest BCUT2D eigenvalue weighted by Crippen LogP contribution is 2.29. The van der Waals surface area contributed by atoms with Gasteiger partial charge in [0.25, 0.3) is 0 Å². The van der Waals surface area contributed by atoms with E-state index in [1.807, 2.05) is 24.3 Å². The molecule has 2 nitrogen and oxygen atoms in total. The maximum Gasteiger partial charge on any atom is 0.115 e. The molecule has 0 fully saturated rings. The molecule has 2 aromatic rings. The second-order valence-corrected chi connectivity index (χ2v) is 5.57. The van der Waals surface area contributed by atoms with E-state index in [2.05, 4.69) is 19.9 Å². The summed E-state index contributed by atoms with van der Waals surface area (Å²) in [5.74, 6) is 1.55. The van der Waals surface area contributed by atoms with Gasteiger partial charge in [-0.1, -0.05) is 38.1 Å². The topological polar surface area (TPSA) is 40.5 Å². The lowest BCUT2D eigenvalue weighted by Crippen LogP contribution is -1.99. The van der Waals surface area contributed by atoms with E-state index in [0.717, 1.165) is 12.8 Å². The Balaban J connectivity index is 1.93. The van der Waals surface area contributed by atoms with Gasteiger partial charge in [-0.3, -0.25) is 0 Å². The monoisotopic (exact) mass is 270 g/mol. The number of aromatic hydroxyl groups is 2. The molecule has 0 spiro atoms. The fourth-order valence-corrected chi connectivity index (χ4v) is 2.47. The van der Waals surface area contributed by atoms with Crippen molar-refractivity contribution in [1.29, 1.82) is 0 Å². The predicted molar refractivity (Wildman–Crippen MR) is 82.3 cm³/mol. The van der Waals surface area contributed by atoms with Crippen LogP contribution in [-0.4, -0.2) is 10.2 Å². The van der Waals surface area contributed by atoms with Crippen molar-refractivity contribution in [2.24, 2.45) is 0 Å². The van der Waals surface area contributed by atoms with Crippen molar-refractivity contribution in [2.75, 3.05) is 0 Å². The molecular weight excluding hydrogens is 248 g/mol. The summed E-state index contributed by atoms with van der Waals surface area (Å²) in [4.78, 5) is 0. The molecule has 0 saturated heterocycles. The lowest BCUT2D eigenvalue weighted by atomic mass is 9.89. The molecule has 2 aromatic carbocycles. The number of phenols is 2. The van der Waals surface area contributed by atoms with Crippen LogP contribution in [0.3, 0.4) is 0 Å². The second kappa shape index (κ2) is 6.47. The Hall–Kier alpha value is -1.96. The highest BCUT2D eigenvalue weighted by molar-refractivity contribution is 5.30. The first kappa shape index (κ1) is 14.4. The molecule has 2 unspecified atom stereocenters. The second-order valence-electron chi connectivity index (χ2n) is 5.57. The average molecular weight is 270 g/mol. The van der Waals surface area contributed by atoms with Gasteiger partial charge in [0.15, 0.2) is 0 Å². The Labute approximate surface area is 120 Å². The van der Waals surface area contributed by atoms with E-state index in [1.165, 1.54) is 11.1 Å². The summed E-state index contributed by atoms with van der Waals surface area (Å²) in [7, 11) is 0. The van der Waals surface area contributed by atoms with Gasteiger partial charge in [0.05, 0.1) is 0 Å². The van der Waals surface area contributed by atoms with Crippen LogP contribution >= 0.6 is 0 Å². The minimum absolute atomic E-state index is 0.314. The molecule has 0 saturated carbocycles. The van der Waals surface area contributed by atoms with Crippen molar-refractivity contribution in [3.63, 3.8) is 0 Å². The molecule has 0 aliphatic rings. The van der Waals surface area contributed by atoms with E-state index < -0.39 is 0 Å². The van der Waals surface area contributed by atoms with Crippen LogP contribution in [0.1, 0.15) is 49.7 Å². The van der Waals surface area contributed by atoms with Crippen LogP contribution in [0.15, 0.2) is 48.5 Å². The number of rotatable bonds is 5. The van der Waals surface area contributed by atoms with Crippen LogP contribution in [-0.2, 0) is 0 Å². The van der Waals surface area contributed by atoms with Gasteiger partial charge >= 0.3 is 0 Å². The average Bonchev–Trinajstić information content (AvgIpc) is 2.45. The first-order valence-corrected chi connectivity index (χ1v) is 7.14. The Morgan fingerprint density at radius 2 is 1.35 bits per heavy atom. The molecule has 0 aliphatic carbocycles. The molecule has 0 heterocycles. The van der Waals surface area contributed by atoms with Crippen molar-refractivity contribution in [1.82, 2.24) is 0 Å². The van der Waals surface area contributed by atoms with E-state index >= 15 is 0 Å². The molecule has 20 heavy (non-hydrogen) atoms. The fraction of sp³-hybridized carbons (Fsp3) is 0.333. The third-order valence-corrected chi connectivity index (χ3v) is 3.93. The smallest absolute Gasteiger partial charge is 0.115 e. The van der Waals surface area contributed by atoms with Crippen LogP contribution in [0.2, 0.25) is 0 Å². The largest absolute Gasteiger partial charge is 0.508 e. The van der Waals surface area contributed by atoms with Gasteiger partial charge in [-0.15, -0.1) is 0 Å². The molecule has 0 aromatic heterocycles. The molecule has 0 aliphatic heterocycles. The first-order chi connectivity index (χ1) is 9.56. The van der Waals surface area contributed by atoms with Gasteiger partial charge in [0, 0.05) is 0 Å². The van der Waals surface area contributed by atoms with E-state index in [-0.39, 0.29) is 0 Å². The summed E-state index contributed by atoms with van der Waals surface area (Å²) in [6.07, 6.45) is 2.16. The van der Waals surface area contributed by atoms with Crippen molar-refractivity contribution >= 4 is 0 Å². The van der Waals surface area contributed by atoms with Gasteiger partial charge in [0.2, 0.25) is 0 Å². The van der Waals surface area contributed by atoms with Crippen molar-refractivity contribution < 1.29 is 10.2 Å². The van der Waals surface area contributed by atoms with Gasteiger partial charge in [-0.05, 0) is 60.1 Å². The Morgan fingerprint density at radius 3 is 1.95 bits per heavy atom. The zero-order valence-corrected chi connectivity index (χ0v) is 12.1. The Bertz CT molecular complexity index is 546. The van der Waals surface area contributed by atoms with Crippen LogP contribution < -0.4 is 0 Å². The summed E-state index contributed by atoms with van der Waals surface area (Å²) in [6.45, 7) is 4.40. The minimum Gasteiger partial charge on any atom is -0.508 e.